The third-order valence-electron chi connectivity index (χ3n) is 4.36. The fraction of sp³-hybridized carbons (Fsp3) is 0.368. The van der Waals surface area contributed by atoms with E-state index >= 15 is 0 Å². The predicted molar refractivity (Wildman–Crippen MR) is 93.4 cm³/mol. The number of hydrogen-bond donors (Lipinski definition) is 2. The van der Waals surface area contributed by atoms with Crippen molar-refractivity contribution in [1.29, 1.82) is 0 Å². The molecule has 2 N–H and O–H groups in total. The Balaban J connectivity index is 1.45. The monoisotopic (exact) mass is 341 g/mol. The van der Waals surface area contributed by atoms with Crippen LogP contribution >= 0.6 is 0 Å². The van der Waals surface area contributed by atoms with Gasteiger partial charge in [0.05, 0.1) is 25.4 Å². The zero-order valence-corrected chi connectivity index (χ0v) is 14.1. The van der Waals surface area contributed by atoms with Crippen LogP contribution < -0.4 is 10.6 Å². The molecule has 2 amide bonds. The Bertz CT molecular complexity index is 685. The van der Waals surface area contributed by atoms with Gasteiger partial charge in [0.25, 0.3) is 0 Å². The highest BCUT2D eigenvalue weighted by molar-refractivity contribution is 5.84. The van der Waals surface area contributed by atoms with Crippen molar-refractivity contribution in [2.45, 2.75) is 32.0 Å². The van der Waals surface area contributed by atoms with Gasteiger partial charge in [0.1, 0.15) is 5.76 Å². The summed E-state index contributed by atoms with van der Waals surface area (Å²) in [5, 5.41) is 5.79. The molecule has 1 aliphatic heterocycles. The predicted octanol–water partition coefficient (Wildman–Crippen LogP) is 1.68. The van der Waals surface area contributed by atoms with Gasteiger partial charge in [-0.05, 0) is 37.1 Å². The Morgan fingerprint density at radius 1 is 1.08 bits per heavy atom. The van der Waals surface area contributed by atoms with Crippen LogP contribution in [-0.4, -0.2) is 35.8 Å². The van der Waals surface area contributed by atoms with E-state index in [1.54, 1.807) is 12.3 Å². The van der Waals surface area contributed by atoms with E-state index in [1.165, 1.54) is 0 Å². The molecule has 2 aromatic rings. The summed E-state index contributed by atoms with van der Waals surface area (Å²) in [5.41, 5.74) is 1.06. The van der Waals surface area contributed by atoms with E-state index in [2.05, 4.69) is 10.6 Å². The highest BCUT2D eigenvalue weighted by Gasteiger charge is 2.31. The highest BCUT2D eigenvalue weighted by atomic mass is 16.3. The summed E-state index contributed by atoms with van der Waals surface area (Å²) in [6.07, 6.45) is 3.28. The molecule has 25 heavy (non-hydrogen) atoms. The molecule has 1 unspecified atom stereocenters. The Morgan fingerprint density at radius 3 is 2.68 bits per heavy atom. The Morgan fingerprint density at radius 2 is 1.92 bits per heavy atom. The van der Waals surface area contributed by atoms with E-state index in [9.17, 15) is 9.59 Å². The van der Waals surface area contributed by atoms with E-state index in [-0.39, 0.29) is 24.4 Å². The Hall–Kier alpha value is -2.60. The molecule has 3 rings (SSSR count). The van der Waals surface area contributed by atoms with Crippen LogP contribution in [0.4, 0.5) is 0 Å². The Labute approximate surface area is 147 Å². The van der Waals surface area contributed by atoms with Crippen molar-refractivity contribution in [1.82, 2.24) is 15.5 Å². The lowest BCUT2D eigenvalue weighted by Gasteiger charge is -2.23. The van der Waals surface area contributed by atoms with Gasteiger partial charge >= 0.3 is 0 Å². The molecule has 1 fully saturated rings. The maximum atomic E-state index is 12.4. The molecule has 1 aromatic carbocycles. The van der Waals surface area contributed by atoms with E-state index < -0.39 is 0 Å². The number of hydrogen-bond acceptors (Lipinski definition) is 4. The first-order chi connectivity index (χ1) is 12.2. The number of carbonyl (C=O) groups is 2. The lowest BCUT2D eigenvalue weighted by molar-refractivity contribution is -0.127. The number of rotatable bonds is 7. The number of nitrogens with one attached hydrogen (secondary N) is 2. The standard InChI is InChI=1S/C19H23N3O3/c23-18(20-12-15-6-2-1-3-7-15)14-22-10-4-9-17(22)19(24)21-13-16-8-5-11-25-16/h1-3,5-8,11,17H,4,9-10,12-14H2,(H,20,23)(H,21,24). The second-order valence-electron chi connectivity index (χ2n) is 6.19. The maximum absolute atomic E-state index is 12.4. The third kappa shape index (κ3) is 4.93. The van der Waals surface area contributed by atoms with Gasteiger partial charge in [0.15, 0.2) is 0 Å². The first-order valence-electron chi connectivity index (χ1n) is 8.57. The quantitative estimate of drug-likeness (QED) is 0.803. The van der Waals surface area contributed by atoms with Gasteiger partial charge < -0.3 is 15.1 Å². The van der Waals surface area contributed by atoms with Gasteiger partial charge in [-0.3, -0.25) is 14.5 Å². The van der Waals surface area contributed by atoms with E-state index in [0.29, 0.717) is 13.1 Å². The van der Waals surface area contributed by atoms with Gasteiger partial charge in [-0.25, -0.2) is 0 Å². The van der Waals surface area contributed by atoms with Crippen molar-refractivity contribution < 1.29 is 14.0 Å². The minimum absolute atomic E-state index is 0.0511. The molecule has 1 atom stereocenters. The average molecular weight is 341 g/mol. The lowest BCUT2D eigenvalue weighted by atomic mass is 10.2. The number of furan rings is 1. The summed E-state index contributed by atoms with van der Waals surface area (Å²) in [4.78, 5) is 26.5. The average Bonchev–Trinajstić information content (AvgIpc) is 3.30. The normalized spacial score (nSPS) is 17.4. The molecule has 1 aliphatic rings. The molecule has 1 aromatic heterocycles. The van der Waals surface area contributed by atoms with Crippen LogP contribution in [0.15, 0.2) is 53.1 Å². The Kier molecular flexibility index (Phi) is 5.85. The third-order valence-corrected chi connectivity index (χ3v) is 4.36. The van der Waals surface area contributed by atoms with Crippen LogP contribution in [0.25, 0.3) is 0 Å². The van der Waals surface area contributed by atoms with E-state index in [1.807, 2.05) is 41.3 Å². The highest BCUT2D eigenvalue weighted by Crippen LogP contribution is 2.17. The summed E-state index contributed by atoms with van der Waals surface area (Å²) in [6, 6.07) is 13.1. The molecule has 1 saturated heterocycles. The molecule has 0 saturated carbocycles. The first kappa shape index (κ1) is 17.2. The van der Waals surface area contributed by atoms with Crippen molar-refractivity contribution in [3.05, 3.63) is 60.1 Å². The fourth-order valence-electron chi connectivity index (χ4n) is 3.05. The summed E-state index contributed by atoms with van der Waals surface area (Å²) < 4.78 is 5.22. The summed E-state index contributed by atoms with van der Waals surface area (Å²) in [6.45, 7) is 1.88. The minimum atomic E-state index is -0.252. The van der Waals surface area contributed by atoms with Gasteiger partial charge in [-0.15, -0.1) is 0 Å². The summed E-state index contributed by atoms with van der Waals surface area (Å²) in [7, 11) is 0. The van der Waals surface area contributed by atoms with Crippen LogP contribution in [0.2, 0.25) is 0 Å². The molecule has 0 bridgehead atoms. The molecule has 6 heteroatoms. The first-order valence-corrected chi connectivity index (χ1v) is 8.57. The van der Waals surface area contributed by atoms with Crippen LogP contribution in [0.1, 0.15) is 24.2 Å². The van der Waals surface area contributed by atoms with Crippen molar-refractivity contribution in [3.63, 3.8) is 0 Å². The van der Waals surface area contributed by atoms with E-state index in [0.717, 1.165) is 30.7 Å². The van der Waals surface area contributed by atoms with Crippen molar-refractivity contribution >= 4 is 11.8 Å². The second-order valence-corrected chi connectivity index (χ2v) is 6.19. The summed E-state index contributed by atoms with van der Waals surface area (Å²) >= 11 is 0. The van der Waals surface area contributed by atoms with Crippen LogP contribution in [-0.2, 0) is 22.7 Å². The maximum Gasteiger partial charge on any atom is 0.237 e. The number of amides is 2. The number of nitrogens with zero attached hydrogens (tertiary/aromatic N) is 1. The largest absolute Gasteiger partial charge is 0.467 e. The molecule has 0 radical (unpaired) electrons. The van der Waals surface area contributed by atoms with Crippen molar-refractivity contribution in [3.8, 4) is 0 Å². The van der Waals surface area contributed by atoms with Crippen LogP contribution in [0, 0.1) is 0 Å². The zero-order valence-electron chi connectivity index (χ0n) is 14.1. The number of benzene rings is 1. The van der Waals surface area contributed by atoms with Crippen molar-refractivity contribution in [2.24, 2.45) is 0 Å². The fourth-order valence-corrected chi connectivity index (χ4v) is 3.05. The molecule has 6 nitrogen and oxygen atoms in total. The molecular weight excluding hydrogens is 318 g/mol. The summed E-state index contributed by atoms with van der Waals surface area (Å²) in [5.74, 6) is 0.609. The zero-order chi connectivity index (χ0) is 17.5. The molecule has 132 valence electrons. The van der Waals surface area contributed by atoms with Gasteiger partial charge in [-0.1, -0.05) is 30.3 Å². The van der Waals surface area contributed by atoms with Crippen molar-refractivity contribution in [2.75, 3.05) is 13.1 Å². The molecular formula is C19H23N3O3. The second kappa shape index (κ2) is 8.48. The molecule has 0 spiro atoms. The topological polar surface area (TPSA) is 74.6 Å². The van der Waals surface area contributed by atoms with Crippen LogP contribution in [0.3, 0.4) is 0 Å². The number of carbonyl (C=O) groups excluding carboxylic acids is 2. The molecule has 2 heterocycles. The van der Waals surface area contributed by atoms with Gasteiger partial charge in [-0.2, -0.15) is 0 Å². The number of likely N-dealkylation sites (tertiary alicyclic amines) is 1. The van der Waals surface area contributed by atoms with E-state index in [4.69, 9.17) is 4.42 Å². The van der Waals surface area contributed by atoms with Crippen LogP contribution in [0.5, 0.6) is 0 Å². The minimum Gasteiger partial charge on any atom is -0.467 e. The van der Waals surface area contributed by atoms with Gasteiger partial charge in [0, 0.05) is 6.54 Å². The van der Waals surface area contributed by atoms with Gasteiger partial charge in [0.2, 0.25) is 11.8 Å². The molecule has 0 aliphatic carbocycles. The SMILES string of the molecule is O=C(CN1CCCC1C(=O)NCc1ccco1)NCc1ccccc1. The lowest BCUT2D eigenvalue weighted by Crippen LogP contribution is -2.46. The smallest absolute Gasteiger partial charge is 0.237 e.